The first-order valence-electron chi connectivity index (χ1n) is 7.35. The lowest BCUT2D eigenvalue weighted by Gasteiger charge is -2.30. The van der Waals surface area contributed by atoms with Gasteiger partial charge in [-0.2, -0.15) is 0 Å². The average molecular weight is 352 g/mol. The Bertz CT molecular complexity index is 549. The van der Waals surface area contributed by atoms with E-state index < -0.39 is 0 Å². The first-order valence-corrected chi connectivity index (χ1v) is 8.14. The fourth-order valence-corrected chi connectivity index (χ4v) is 3.44. The third-order valence-corrected chi connectivity index (χ3v) is 4.84. The molecule has 3 rings (SSSR count). The van der Waals surface area contributed by atoms with Crippen molar-refractivity contribution >= 4 is 27.8 Å². The van der Waals surface area contributed by atoms with Gasteiger partial charge in [0.25, 0.3) is 0 Å². The van der Waals surface area contributed by atoms with Crippen molar-refractivity contribution in [3.63, 3.8) is 0 Å². The molecule has 0 atom stereocenters. The van der Waals surface area contributed by atoms with Gasteiger partial charge in [-0.15, -0.1) is 0 Å². The summed E-state index contributed by atoms with van der Waals surface area (Å²) >= 11 is 3.34. The van der Waals surface area contributed by atoms with E-state index in [1.165, 1.54) is 6.42 Å². The molecule has 0 bridgehead atoms. The van der Waals surface area contributed by atoms with Gasteiger partial charge in [-0.05, 0) is 37.8 Å². The molecule has 1 aliphatic heterocycles. The molecule has 0 unspecified atom stereocenters. The van der Waals surface area contributed by atoms with Crippen molar-refractivity contribution in [2.75, 3.05) is 13.1 Å². The Morgan fingerprint density at radius 2 is 1.86 bits per heavy atom. The van der Waals surface area contributed by atoms with Crippen LogP contribution in [-0.2, 0) is 4.74 Å². The summed E-state index contributed by atoms with van der Waals surface area (Å²) in [6.07, 6.45) is 4.90. The number of ether oxygens (including phenoxy) is 1. The number of rotatable bonds is 3. The molecule has 0 radical (unpaired) electrons. The number of carbonyl (C=O) groups is 2. The summed E-state index contributed by atoms with van der Waals surface area (Å²) in [4.78, 5) is 25.8. The van der Waals surface area contributed by atoms with Gasteiger partial charge in [-0.1, -0.05) is 34.5 Å². The number of benzene rings is 1. The van der Waals surface area contributed by atoms with Crippen molar-refractivity contribution in [2.24, 2.45) is 0 Å². The van der Waals surface area contributed by atoms with Crippen LogP contribution in [0, 0.1) is 0 Å². The summed E-state index contributed by atoms with van der Waals surface area (Å²) in [6, 6.07) is 7.20. The van der Waals surface area contributed by atoms with Gasteiger partial charge in [0, 0.05) is 10.0 Å². The molecule has 5 heteroatoms. The molecule has 1 saturated heterocycles. The van der Waals surface area contributed by atoms with Gasteiger partial charge in [0.1, 0.15) is 5.60 Å². The van der Waals surface area contributed by atoms with Crippen LogP contribution in [0.15, 0.2) is 28.7 Å². The van der Waals surface area contributed by atoms with Gasteiger partial charge < -0.3 is 4.74 Å². The molecule has 1 amide bonds. The normalized spacial score (nSPS) is 20.6. The first-order chi connectivity index (χ1) is 10.1. The van der Waals surface area contributed by atoms with Crippen LogP contribution >= 0.6 is 15.9 Å². The molecule has 1 saturated carbocycles. The van der Waals surface area contributed by atoms with Crippen LogP contribution in [0.5, 0.6) is 0 Å². The Labute approximate surface area is 132 Å². The number of hydrogen-bond donors (Lipinski definition) is 0. The second-order valence-corrected chi connectivity index (χ2v) is 6.81. The lowest BCUT2D eigenvalue weighted by atomic mass is 9.85. The second-order valence-electron chi connectivity index (χ2n) is 5.90. The maximum Gasteiger partial charge on any atom is 0.410 e. The number of halogens is 1. The Kier molecular flexibility index (Phi) is 4.02. The van der Waals surface area contributed by atoms with Gasteiger partial charge in [0.05, 0.1) is 13.1 Å². The van der Waals surface area contributed by atoms with Gasteiger partial charge in [-0.25, -0.2) is 4.79 Å². The minimum Gasteiger partial charge on any atom is -0.441 e. The topological polar surface area (TPSA) is 46.6 Å². The van der Waals surface area contributed by atoms with Crippen molar-refractivity contribution < 1.29 is 14.3 Å². The minimum atomic E-state index is -0.345. The van der Waals surface area contributed by atoms with Crippen molar-refractivity contribution in [1.82, 2.24) is 4.90 Å². The molecule has 21 heavy (non-hydrogen) atoms. The average Bonchev–Trinajstić information content (AvgIpc) is 2.76. The predicted octanol–water partition coefficient (Wildman–Crippen LogP) is 3.79. The molecule has 2 aliphatic rings. The highest BCUT2D eigenvalue weighted by Crippen LogP contribution is 2.36. The third-order valence-electron chi connectivity index (χ3n) is 4.31. The number of Topliss-reactive ketones (excluding diaryl/α,β-unsaturated/α-hetero) is 1. The third kappa shape index (κ3) is 3.12. The van der Waals surface area contributed by atoms with Gasteiger partial charge in [0.2, 0.25) is 0 Å². The van der Waals surface area contributed by atoms with Crippen LogP contribution < -0.4 is 0 Å². The van der Waals surface area contributed by atoms with Crippen molar-refractivity contribution in [3.8, 4) is 0 Å². The van der Waals surface area contributed by atoms with Crippen LogP contribution in [0.4, 0.5) is 4.79 Å². The lowest BCUT2D eigenvalue weighted by Crippen LogP contribution is -2.38. The quantitative estimate of drug-likeness (QED) is 0.778. The van der Waals surface area contributed by atoms with Crippen LogP contribution in [-0.4, -0.2) is 35.5 Å². The van der Waals surface area contributed by atoms with E-state index in [-0.39, 0.29) is 24.0 Å². The van der Waals surface area contributed by atoms with E-state index in [1.807, 2.05) is 12.1 Å². The number of carbonyl (C=O) groups excluding carboxylic acids is 2. The number of amides is 1. The Hall–Kier alpha value is -1.36. The number of hydrogen-bond acceptors (Lipinski definition) is 3. The number of ketones is 1. The SMILES string of the molecule is O=C(CN1CC2(CCCCC2)OC1=O)c1ccc(Br)cc1. The predicted molar refractivity (Wildman–Crippen MR) is 82.3 cm³/mol. The largest absolute Gasteiger partial charge is 0.441 e. The van der Waals surface area contributed by atoms with Crippen LogP contribution in [0.3, 0.4) is 0 Å². The molecule has 2 fully saturated rings. The summed E-state index contributed by atoms with van der Waals surface area (Å²) in [5.41, 5.74) is 0.283. The molecule has 4 nitrogen and oxygen atoms in total. The smallest absolute Gasteiger partial charge is 0.410 e. The van der Waals surface area contributed by atoms with E-state index in [4.69, 9.17) is 4.74 Å². The highest BCUT2D eigenvalue weighted by atomic mass is 79.9. The van der Waals surface area contributed by atoms with E-state index in [0.29, 0.717) is 12.1 Å². The van der Waals surface area contributed by atoms with Gasteiger partial charge in [-0.3, -0.25) is 9.69 Å². The molecular formula is C16H18BrNO3. The molecule has 1 aromatic rings. The Balaban J connectivity index is 1.66. The van der Waals surface area contributed by atoms with Crippen molar-refractivity contribution in [2.45, 2.75) is 37.7 Å². The number of nitrogens with zero attached hydrogens (tertiary/aromatic N) is 1. The zero-order valence-corrected chi connectivity index (χ0v) is 13.4. The zero-order chi connectivity index (χ0) is 14.9. The first kappa shape index (κ1) is 14.6. The van der Waals surface area contributed by atoms with Gasteiger partial charge in [0.15, 0.2) is 5.78 Å². The molecule has 1 aromatic carbocycles. The summed E-state index contributed by atoms with van der Waals surface area (Å²) in [5, 5.41) is 0. The fourth-order valence-electron chi connectivity index (χ4n) is 3.17. The Morgan fingerprint density at radius 1 is 1.19 bits per heavy atom. The monoisotopic (exact) mass is 351 g/mol. The fraction of sp³-hybridized carbons (Fsp3) is 0.500. The molecule has 1 heterocycles. The minimum absolute atomic E-state index is 0.0488. The summed E-state index contributed by atoms with van der Waals surface area (Å²) in [5.74, 6) is -0.0488. The summed E-state index contributed by atoms with van der Waals surface area (Å²) in [6.45, 7) is 0.649. The van der Waals surface area contributed by atoms with E-state index in [1.54, 1.807) is 17.0 Å². The maximum absolute atomic E-state index is 12.3. The van der Waals surface area contributed by atoms with Crippen molar-refractivity contribution in [1.29, 1.82) is 0 Å². The van der Waals surface area contributed by atoms with Gasteiger partial charge >= 0.3 is 6.09 Å². The molecular weight excluding hydrogens is 334 g/mol. The van der Waals surface area contributed by atoms with E-state index >= 15 is 0 Å². The summed E-state index contributed by atoms with van der Waals surface area (Å²) in [7, 11) is 0. The molecule has 0 aromatic heterocycles. The van der Waals surface area contributed by atoms with Crippen LogP contribution in [0.25, 0.3) is 0 Å². The lowest BCUT2D eigenvalue weighted by molar-refractivity contribution is 0.0260. The Morgan fingerprint density at radius 3 is 2.52 bits per heavy atom. The van der Waals surface area contributed by atoms with E-state index in [0.717, 1.165) is 30.2 Å². The van der Waals surface area contributed by atoms with E-state index in [2.05, 4.69) is 15.9 Å². The summed E-state index contributed by atoms with van der Waals surface area (Å²) < 4.78 is 6.52. The maximum atomic E-state index is 12.3. The zero-order valence-electron chi connectivity index (χ0n) is 11.8. The highest BCUT2D eigenvalue weighted by Gasteiger charge is 2.45. The molecule has 0 N–H and O–H groups in total. The standard InChI is InChI=1S/C16H18BrNO3/c17-13-6-4-12(5-7-13)14(19)10-18-11-16(21-15(18)20)8-2-1-3-9-16/h4-7H,1-3,8-11H2. The van der Waals surface area contributed by atoms with Crippen LogP contribution in [0.2, 0.25) is 0 Å². The highest BCUT2D eigenvalue weighted by molar-refractivity contribution is 9.10. The second kappa shape index (κ2) is 5.79. The van der Waals surface area contributed by atoms with Crippen molar-refractivity contribution in [3.05, 3.63) is 34.3 Å². The molecule has 1 aliphatic carbocycles. The molecule has 1 spiro atoms. The van der Waals surface area contributed by atoms with Crippen LogP contribution in [0.1, 0.15) is 42.5 Å². The van der Waals surface area contributed by atoms with E-state index in [9.17, 15) is 9.59 Å². The molecule has 112 valence electrons.